The molecule has 0 radical (unpaired) electrons. The molecule has 1 aromatic carbocycles. The Morgan fingerprint density at radius 2 is 1.86 bits per heavy atom. The molecule has 1 atom stereocenters. The third kappa shape index (κ3) is 4.47. The average molecular weight is 304 g/mol. The maximum absolute atomic E-state index is 12.3. The van der Waals surface area contributed by atoms with Crippen molar-refractivity contribution in [2.45, 2.75) is 38.1 Å². The van der Waals surface area contributed by atoms with Crippen LogP contribution < -0.4 is 10.1 Å². The number of rotatable bonds is 6. The average Bonchev–Trinajstić information content (AvgIpc) is 2.56. The number of ether oxygens (including phenoxy) is 1. The number of benzene rings is 1. The highest BCUT2D eigenvalue weighted by molar-refractivity contribution is 5.78. The predicted molar refractivity (Wildman–Crippen MR) is 89.0 cm³/mol. The van der Waals surface area contributed by atoms with Crippen molar-refractivity contribution in [3.63, 3.8) is 0 Å². The highest BCUT2D eigenvalue weighted by atomic mass is 16.5. The molecule has 1 amide bonds. The topological polar surface area (TPSA) is 41.6 Å². The molecule has 1 aliphatic carbocycles. The highest BCUT2D eigenvalue weighted by Crippen LogP contribution is 2.24. The largest absolute Gasteiger partial charge is 0.497 e. The van der Waals surface area contributed by atoms with Crippen LogP contribution in [0.15, 0.2) is 24.3 Å². The first-order valence-electron chi connectivity index (χ1n) is 8.20. The fraction of sp³-hybridized carbons (Fsp3) is 0.611. The van der Waals surface area contributed by atoms with Crippen molar-refractivity contribution < 1.29 is 9.53 Å². The van der Waals surface area contributed by atoms with Gasteiger partial charge in [-0.1, -0.05) is 31.4 Å². The zero-order valence-electron chi connectivity index (χ0n) is 14.0. The zero-order chi connectivity index (χ0) is 15.9. The van der Waals surface area contributed by atoms with Gasteiger partial charge in [-0.05, 0) is 44.6 Å². The first-order chi connectivity index (χ1) is 10.6. The molecule has 4 heteroatoms. The molecular formula is C18H28N2O2. The molecule has 1 unspecified atom stereocenters. The van der Waals surface area contributed by atoms with Gasteiger partial charge >= 0.3 is 0 Å². The van der Waals surface area contributed by atoms with Crippen LogP contribution in [0.4, 0.5) is 0 Å². The van der Waals surface area contributed by atoms with Crippen LogP contribution in [0.3, 0.4) is 0 Å². The molecule has 0 aromatic heterocycles. The first kappa shape index (κ1) is 16.8. The Morgan fingerprint density at radius 3 is 2.41 bits per heavy atom. The minimum absolute atomic E-state index is 0.179. The Balaban J connectivity index is 1.94. The predicted octanol–water partition coefficient (Wildman–Crippen LogP) is 2.99. The Kier molecular flexibility index (Phi) is 6.25. The molecule has 0 bridgehead atoms. The van der Waals surface area contributed by atoms with E-state index < -0.39 is 0 Å². The van der Waals surface area contributed by atoms with Gasteiger partial charge in [0.15, 0.2) is 0 Å². The molecule has 1 aliphatic rings. The molecule has 122 valence electrons. The van der Waals surface area contributed by atoms with Gasteiger partial charge in [0.25, 0.3) is 0 Å². The second kappa shape index (κ2) is 8.18. The number of carbonyl (C=O) groups excluding carboxylic acids is 1. The molecule has 0 heterocycles. The van der Waals surface area contributed by atoms with E-state index in [-0.39, 0.29) is 17.9 Å². The van der Waals surface area contributed by atoms with E-state index in [2.05, 4.69) is 22.3 Å². The van der Waals surface area contributed by atoms with Gasteiger partial charge in [-0.3, -0.25) is 4.79 Å². The lowest BCUT2D eigenvalue weighted by Crippen LogP contribution is -2.38. The van der Waals surface area contributed by atoms with Crippen LogP contribution in [-0.2, 0) is 4.79 Å². The Hall–Kier alpha value is -1.55. The van der Waals surface area contributed by atoms with Crippen molar-refractivity contribution in [1.29, 1.82) is 0 Å². The Labute approximate surface area is 133 Å². The standard InChI is InChI=1S/C18H28N2O2/c1-20(2)17(14-9-11-16(22-3)12-10-14)13-19-18(21)15-7-5-4-6-8-15/h9-12,15,17H,4-8,13H2,1-3H3,(H,19,21). The molecule has 1 saturated carbocycles. The summed E-state index contributed by atoms with van der Waals surface area (Å²) in [4.78, 5) is 14.4. The van der Waals surface area contributed by atoms with Gasteiger partial charge in [-0.2, -0.15) is 0 Å². The molecule has 2 rings (SSSR count). The van der Waals surface area contributed by atoms with Crippen molar-refractivity contribution in [2.24, 2.45) is 5.92 Å². The molecule has 1 N–H and O–H groups in total. The summed E-state index contributed by atoms with van der Waals surface area (Å²) in [5.74, 6) is 1.29. The normalized spacial score (nSPS) is 17.3. The number of amides is 1. The number of nitrogens with zero attached hydrogens (tertiary/aromatic N) is 1. The molecular weight excluding hydrogens is 276 g/mol. The molecule has 22 heavy (non-hydrogen) atoms. The smallest absolute Gasteiger partial charge is 0.223 e. The molecule has 1 fully saturated rings. The fourth-order valence-electron chi connectivity index (χ4n) is 3.13. The number of likely N-dealkylation sites (N-methyl/N-ethyl adjacent to an activating group) is 1. The van der Waals surface area contributed by atoms with Crippen molar-refractivity contribution in [3.8, 4) is 5.75 Å². The summed E-state index contributed by atoms with van der Waals surface area (Å²) in [6.07, 6.45) is 5.74. The summed E-state index contributed by atoms with van der Waals surface area (Å²) >= 11 is 0. The number of carbonyl (C=O) groups is 1. The molecule has 4 nitrogen and oxygen atoms in total. The molecule has 1 aromatic rings. The maximum atomic E-state index is 12.3. The summed E-state index contributed by atoms with van der Waals surface area (Å²) in [5.41, 5.74) is 1.19. The number of nitrogens with one attached hydrogen (secondary N) is 1. The van der Waals surface area contributed by atoms with E-state index in [1.807, 2.05) is 26.2 Å². The Bertz CT molecular complexity index is 464. The van der Waals surface area contributed by atoms with Crippen LogP contribution in [0.25, 0.3) is 0 Å². The highest BCUT2D eigenvalue weighted by Gasteiger charge is 2.22. The van der Waals surface area contributed by atoms with E-state index in [9.17, 15) is 4.79 Å². The van der Waals surface area contributed by atoms with Gasteiger partial charge in [-0.25, -0.2) is 0 Å². The van der Waals surface area contributed by atoms with Crippen molar-refractivity contribution in [3.05, 3.63) is 29.8 Å². The van der Waals surface area contributed by atoms with E-state index in [1.54, 1.807) is 7.11 Å². The minimum atomic E-state index is 0.179. The lowest BCUT2D eigenvalue weighted by Gasteiger charge is -2.27. The van der Waals surface area contributed by atoms with Gasteiger partial charge < -0.3 is 15.0 Å². The first-order valence-corrected chi connectivity index (χ1v) is 8.20. The monoisotopic (exact) mass is 304 g/mol. The number of methoxy groups -OCH3 is 1. The maximum Gasteiger partial charge on any atom is 0.223 e. The molecule has 0 aliphatic heterocycles. The van der Waals surface area contributed by atoms with Crippen LogP contribution in [0, 0.1) is 5.92 Å². The van der Waals surface area contributed by atoms with Gasteiger partial charge in [-0.15, -0.1) is 0 Å². The summed E-state index contributed by atoms with van der Waals surface area (Å²) in [6, 6.07) is 8.24. The van der Waals surface area contributed by atoms with E-state index in [4.69, 9.17) is 4.74 Å². The Morgan fingerprint density at radius 1 is 1.23 bits per heavy atom. The van der Waals surface area contributed by atoms with Crippen LogP contribution >= 0.6 is 0 Å². The quantitative estimate of drug-likeness (QED) is 0.878. The molecule has 0 spiro atoms. The van der Waals surface area contributed by atoms with Crippen LogP contribution in [0.2, 0.25) is 0 Å². The molecule has 0 saturated heterocycles. The van der Waals surface area contributed by atoms with Gasteiger partial charge in [0, 0.05) is 12.5 Å². The van der Waals surface area contributed by atoms with Crippen LogP contribution in [-0.4, -0.2) is 38.6 Å². The zero-order valence-corrected chi connectivity index (χ0v) is 14.0. The van der Waals surface area contributed by atoms with Crippen LogP contribution in [0.5, 0.6) is 5.75 Å². The van der Waals surface area contributed by atoms with E-state index in [1.165, 1.54) is 24.8 Å². The van der Waals surface area contributed by atoms with E-state index >= 15 is 0 Å². The minimum Gasteiger partial charge on any atom is -0.497 e. The van der Waals surface area contributed by atoms with E-state index in [0.29, 0.717) is 6.54 Å². The third-order valence-electron chi connectivity index (χ3n) is 4.57. The van der Waals surface area contributed by atoms with Gasteiger partial charge in [0.05, 0.1) is 13.2 Å². The fourth-order valence-corrected chi connectivity index (χ4v) is 3.13. The van der Waals surface area contributed by atoms with Crippen molar-refractivity contribution in [2.75, 3.05) is 27.7 Å². The lowest BCUT2D eigenvalue weighted by atomic mass is 9.88. The van der Waals surface area contributed by atoms with Gasteiger partial charge in [0.2, 0.25) is 5.91 Å². The SMILES string of the molecule is COc1ccc(C(CNC(=O)C2CCCCC2)N(C)C)cc1. The van der Waals surface area contributed by atoms with Crippen LogP contribution in [0.1, 0.15) is 43.7 Å². The second-order valence-electron chi connectivity index (χ2n) is 6.33. The van der Waals surface area contributed by atoms with E-state index in [0.717, 1.165) is 18.6 Å². The second-order valence-corrected chi connectivity index (χ2v) is 6.33. The summed E-state index contributed by atoms with van der Waals surface area (Å²) in [7, 11) is 5.76. The number of hydrogen-bond acceptors (Lipinski definition) is 3. The lowest BCUT2D eigenvalue weighted by molar-refractivity contribution is -0.126. The van der Waals surface area contributed by atoms with Crippen molar-refractivity contribution in [1.82, 2.24) is 10.2 Å². The summed E-state index contributed by atoms with van der Waals surface area (Å²) in [6.45, 7) is 0.647. The third-order valence-corrected chi connectivity index (χ3v) is 4.57. The van der Waals surface area contributed by atoms with Crippen molar-refractivity contribution >= 4 is 5.91 Å². The van der Waals surface area contributed by atoms with Gasteiger partial charge in [0.1, 0.15) is 5.75 Å². The number of hydrogen-bond donors (Lipinski definition) is 1. The summed E-state index contributed by atoms with van der Waals surface area (Å²) < 4.78 is 5.20. The summed E-state index contributed by atoms with van der Waals surface area (Å²) in [5, 5.41) is 3.15.